The van der Waals surface area contributed by atoms with E-state index in [9.17, 15) is 9.59 Å². The molecule has 6 nitrogen and oxygen atoms in total. The highest BCUT2D eigenvalue weighted by atomic mass is 32.1. The minimum Gasteiger partial charge on any atom is -0.352 e. The Bertz CT molecular complexity index is 961. The van der Waals surface area contributed by atoms with Crippen molar-refractivity contribution in [1.29, 1.82) is 0 Å². The van der Waals surface area contributed by atoms with Crippen molar-refractivity contribution in [2.75, 3.05) is 11.9 Å². The summed E-state index contributed by atoms with van der Waals surface area (Å²) in [6.45, 7) is 6.47. The van der Waals surface area contributed by atoms with Crippen LogP contribution in [-0.2, 0) is 0 Å². The van der Waals surface area contributed by atoms with Gasteiger partial charge in [0, 0.05) is 40.8 Å². The van der Waals surface area contributed by atoms with Gasteiger partial charge in [0.25, 0.3) is 11.8 Å². The molecule has 7 heteroatoms. The van der Waals surface area contributed by atoms with Crippen LogP contribution in [0.15, 0.2) is 41.9 Å². The second kappa shape index (κ2) is 8.18. The van der Waals surface area contributed by atoms with Crippen molar-refractivity contribution < 1.29 is 9.59 Å². The Morgan fingerprint density at radius 3 is 2.70 bits per heavy atom. The standard InChI is InChI=1S/C20H22N4O2S/c1-4-8-21-18(25)15-6-5-7-16(12-15)23-19(26)17-11-13(2)24(14(17)3)20-22-9-10-27-20/h5-7,9-12H,4,8H2,1-3H3,(H,21,25)(H,23,26). The van der Waals surface area contributed by atoms with Gasteiger partial charge in [-0.05, 0) is 44.5 Å². The van der Waals surface area contributed by atoms with Gasteiger partial charge in [0.05, 0.1) is 5.56 Å². The molecule has 0 unspecified atom stereocenters. The average molecular weight is 382 g/mol. The lowest BCUT2D eigenvalue weighted by atomic mass is 10.1. The van der Waals surface area contributed by atoms with E-state index in [0.717, 1.165) is 22.9 Å². The second-order valence-corrected chi connectivity index (χ2v) is 7.10. The summed E-state index contributed by atoms with van der Waals surface area (Å²) in [6, 6.07) is 8.80. The van der Waals surface area contributed by atoms with E-state index in [-0.39, 0.29) is 11.8 Å². The van der Waals surface area contributed by atoms with Gasteiger partial charge >= 0.3 is 0 Å². The fraction of sp³-hybridized carbons (Fsp3) is 0.250. The van der Waals surface area contributed by atoms with Gasteiger partial charge in [-0.25, -0.2) is 4.98 Å². The Labute approximate surface area is 162 Å². The Balaban J connectivity index is 1.80. The summed E-state index contributed by atoms with van der Waals surface area (Å²) < 4.78 is 1.97. The number of carbonyl (C=O) groups is 2. The molecular formula is C20H22N4O2S. The van der Waals surface area contributed by atoms with Crippen LogP contribution in [0, 0.1) is 13.8 Å². The summed E-state index contributed by atoms with van der Waals surface area (Å²) in [4.78, 5) is 29.2. The first-order valence-electron chi connectivity index (χ1n) is 8.79. The lowest BCUT2D eigenvalue weighted by Gasteiger charge is -2.09. The first-order valence-corrected chi connectivity index (χ1v) is 9.67. The van der Waals surface area contributed by atoms with Crippen molar-refractivity contribution in [3.8, 4) is 5.13 Å². The van der Waals surface area contributed by atoms with Gasteiger partial charge in [-0.2, -0.15) is 0 Å². The topological polar surface area (TPSA) is 76.0 Å². The van der Waals surface area contributed by atoms with Crippen LogP contribution in [0.25, 0.3) is 5.13 Å². The molecule has 0 bridgehead atoms. The Kier molecular flexibility index (Phi) is 5.71. The van der Waals surface area contributed by atoms with Crippen LogP contribution in [0.5, 0.6) is 0 Å². The number of rotatable bonds is 6. The molecule has 0 fully saturated rings. The van der Waals surface area contributed by atoms with E-state index >= 15 is 0 Å². The van der Waals surface area contributed by atoms with E-state index in [0.29, 0.717) is 23.4 Å². The number of nitrogens with one attached hydrogen (secondary N) is 2. The van der Waals surface area contributed by atoms with Crippen molar-refractivity contribution in [2.45, 2.75) is 27.2 Å². The van der Waals surface area contributed by atoms with Gasteiger partial charge in [-0.1, -0.05) is 13.0 Å². The van der Waals surface area contributed by atoms with Crippen LogP contribution in [0.1, 0.15) is 45.4 Å². The highest BCUT2D eigenvalue weighted by Gasteiger charge is 2.18. The van der Waals surface area contributed by atoms with Crippen molar-refractivity contribution in [1.82, 2.24) is 14.9 Å². The van der Waals surface area contributed by atoms with Crippen molar-refractivity contribution in [2.24, 2.45) is 0 Å². The Morgan fingerprint density at radius 2 is 2.00 bits per heavy atom. The fourth-order valence-electron chi connectivity index (χ4n) is 2.89. The molecule has 27 heavy (non-hydrogen) atoms. The van der Waals surface area contributed by atoms with Gasteiger partial charge in [0.15, 0.2) is 5.13 Å². The van der Waals surface area contributed by atoms with Gasteiger partial charge in [0.1, 0.15) is 0 Å². The summed E-state index contributed by atoms with van der Waals surface area (Å²) in [6.07, 6.45) is 2.62. The molecule has 2 amide bonds. The molecule has 0 aliphatic rings. The zero-order chi connectivity index (χ0) is 19.4. The minimum absolute atomic E-state index is 0.144. The molecule has 3 aromatic rings. The van der Waals surface area contributed by atoms with Crippen LogP contribution in [0.4, 0.5) is 5.69 Å². The zero-order valence-electron chi connectivity index (χ0n) is 15.6. The van der Waals surface area contributed by atoms with E-state index in [4.69, 9.17) is 0 Å². The quantitative estimate of drug-likeness (QED) is 0.678. The van der Waals surface area contributed by atoms with E-state index in [1.54, 1.807) is 30.5 Å². The summed E-state index contributed by atoms with van der Waals surface area (Å²) in [5, 5.41) is 8.46. The molecule has 0 saturated heterocycles. The van der Waals surface area contributed by atoms with Crippen molar-refractivity contribution >= 4 is 28.8 Å². The summed E-state index contributed by atoms with van der Waals surface area (Å²) in [5.74, 6) is -0.355. The van der Waals surface area contributed by atoms with Crippen molar-refractivity contribution in [3.05, 3.63) is 64.4 Å². The largest absolute Gasteiger partial charge is 0.352 e. The molecule has 140 valence electrons. The maximum atomic E-state index is 12.8. The molecule has 0 aliphatic carbocycles. The lowest BCUT2D eigenvalue weighted by Crippen LogP contribution is -2.24. The number of aryl methyl sites for hydroxylation is 1. The molecule has 0 atom stereocenters. The van der Waals surface area contributed by atoms with Gasteiger partial charge in [-0.3, -0.25) is 14.2 Å². The van der Waals surface area contributed by atoms with Crippen molar-refractivity contribution in [3.63, 3.8) is 0 Å². The molecule has 2 aromatic heterocycles. The molecule has 0 spiro atoms. The second-order valence-electron chi connectivity index (χ2n) is 6.23. The summed E-state index contributed by atoms with van der Waals surface area (Å²) in [7, 11) is 0. The van der Waals surface area contributed by atoms with E-state index in [1.165, 1.54) is 11.3 Å². The first-order chi connectivity index (χ1) is 13.0. The minimum atomic E-state index is -0.211. The third-order valence-corrected chi connectivity index (χ3v) is 4.96. The number of hydrogen-bond donors (Lipinski definition) is 2. The summed E-state index contributed by atoms with van der Waals surface area (Å²) in [5.41, 5.74) is 3.47. The number of nitrogens with zero attached hydrogens (tertiary/aromatic N) is 2. The highest BCUT2D eigenvalue weighted by molar-refractivity contribution is 7.12. The molecule has 0 saturated carbocycles. The van der Waals surface area contributed by atoms with Crippen LogP contribution in [0.3, 0.4) is 0 Å². The monoisotopic (exact) mass is 382 g/mol. The lowest BCUT2D eigenvalue weighted by molar-refractivity contribution is 0.0952. The predicted molar refractivity (Wildman–Crippen MR) is 108 cm³/mol. The van der Waals surface area contributed by atoms with Crippen LogP contribution >= 0.6 is 11.3 Å². The van der Waals surface area contributed by atoms with Gasteiger partial charge in [0.2, 0.25) is 0 Å². The number of amides is 2. The third kappa shape index (κ3) is 4.09. The summed E-state index contributed by atoms with van der Waals surface area (Å²) >= 11 is 1.52. The first kappa shape index (κ1) is 18.8. The number of aromatic nitrogens is 2. The SMILES string of the molecule is CCCNC(=O)c1cccc(NC(=O)c2cc(C)n(-c3nccs3)c2C)c1. The molecule has 2 heterocycles. The normalized spacial score (nSPS) is 10.6. The zero-order valence-corrected chi connectivity index (χ0v) is 16.4. The predicted octanol–water partition coefficient (Wildman–Crippen LogP) is 3.94. The van der Waals surface area contributed by atoms with E-state index in [1.807, 2.05) is 36.8 Å². The molecule has 0 aliphatic heterocycles. The third-order valence-electron chi connectivity index (χ3n) is 4.20. The molecule has 2 N–H and O–H groups in total. The maximum Gasteiger partial charge on any atom is 0.257 e. The van der Waals surface area contributed by atoms with Gasteiger partial charge in [-0.15, -0.1) is 11.3 Å². The molecular weight excluding hydrogens is 360 g/mol. The van der Waals surface area contributed by atoms with Crippen LogP contribution < -0.4 is 10.6 Å². The number of benzene rings is 1. The molecule has 3 rings (SSSR count). The van der Waals surface area contributed by atoms with Crippen LogP contribution in [0.2, 0.25) is 0 Å². The number of carbonyl (C=O) groups excluding carboxylic acids is 2. The molecule has 1 aromatic carbocycles. The Morgan fingerprint density at radius 1 is 1.19 bits per heavy atom. The molecule has 0 radical (unpaired) electrons. The smallest absolute Gasteiger partial charge is 0.257 e. The number of thiazole rings is 1. The highest BCUT2D eigenvalue weighted by Crippen LogP contribution is 2.23. The van der Waals surface area contributed by atoms with Gasteiger partial charge < -0.3 is 10.6 Å². The number of hydrogen-bond acceptors (Lipinski definition) is 4. The Hall–Kier alpha value is -2.93. The fourth-order valence-corrected chi connectivity index (χ4v) is 3.64. The van der Waals surface area contributed by atoms with Crippen LogP contribution in [-0.4, -0.2) is 27.9 Å². The average Bonchev–Trinajstić information content (AvgIpc) is 3.27. The van der Waals surface area contributed by atoms with E-state index < -0.39 is 0 Å². The maximum absolute atomic E-state index is 12.8. The van der Waals surface area contributed by atoms with E-state index in [2.05, 4.69) is 15.6 Å². The number of anilines is 1.